The number of rotatable bonds is 8. The lowest BCUT2D eigenvalue weighted by Gasteiger charge is -2.42. The van der Waals surface area contributed by atoms with Gasteiger partial charge in [-0.1, -0.05) is 61.9 Å². The van der Waals surface area contributed by atoms with Gasteiger partial charge in [-0.3, -0.25) is 0 Å². The fourth-order valence-corrected chi connectivity index (χ4v) is 5.22. The van der Waals surface area contributed by atoms with Crippen molar-refractivity contribution < 1.29 is 19.4 Å². The number of halogens is 1. The Kier molecular flexibility index (Phi) is 8.48. The molecule has 34 heavy (non-hydrogen) atoms. The summed E-state index contributed by atoms with van der Waals surface area (Å²) in [5, 5.41) is 9.83. The number of aryl methyl sites for hydroxylation is 1. The van der Waals surface area contributed by atoms with Crippen LogP contribution in [0.4, 0.5) is 0 Å². The van der Waals surface area contributed by atoms with Crippen LogP contribution in [0.25, 0.3) is 0 Å². The van der Waals surface area contributed by atoms with E-state index in [4.69, 9.17) is 21.1 Å². The first kappa shape index (κ1) is 26.3. The molecule has 1 fully saturated rings. The first-order valence-corrected chi connectivity index (χ1v) is 12.4. The van der Waals surface area contributed by atoms with Gasteiger partial charge in [0.15, 0.2) is 6.61 Å². The van der Waals surface area contributed by atoms with Gasteiger partial charge in [-0.25, -0.2) is 4.79 Å². The second kappa shape index (κ2) is 11.0. The molecule has 184 valence electrons. The predicted molar refractivity (Wildman–Crippen MR) is 138 cm³/mol. The van der Waals surface area contributed by atoms with Crippen LogP contribution < -0.4 is 4.74 Å². The summed E-state index contributed by atoms with van der Waals surface area (Å²) in [7, 11) is 0. The monoisotopic (exact) mass is 484 g/mol. The molecule has 4 nitrogen and oxygen atoms in total. The zero-order valence-electron chi connectivity index (χ0n) is 21.2. The first-order chi connectivity index (χ1) is 16.0. The summed E-state index contributed by atoms with van der Waals surface area (Å²) in [5.41, 5.74) is 6.18. The van der Waals surface area contributed by atoms with Gasteiger partial charge in [0.2, 0.25) is 0 Å². The molecular weight excluding hydrogens is 448 g/mol. The Balaban J connectivity index is 1.97. The number of ether oxygens (including phenoxy) is 2. The van der Waals surface area contributed by atoms with Gasteiger partial charge in [-0.05, 0) is 74.8 Å². The molecule has 0 radical (unpaired) electrons. The molecule has 1 aliphatic heterocycles. The van der Waals surface area contributed by atoms with Crippen molar-refractivity contribution in [2.75, 3.05) is 6.61 Å². The Bertz CT molecular complexity index is 1040. The van der Waals surface area contributed by atoms with E-state index in [9.17, 15) is 9.90 Å². The Morgan fingerprint density at radius 1 is 1.26 bits per heavy atom. The molecule has 0 spiro atoms. The third-order valence-electron chi connectivity index (χ3n) is 6.81. The number of carbonyl (C=O) groups is 1. The molecule has 4 atom stereocenters. The van der Waals surface area contributed by atoms with Gasteiger partial charge in [-0.15, -0.1) is 0 Å². The maximum atomic E-state index is 11.2. The van der Waals surface area contributed by atoms with Gasteiger partial charge in [-0.2, -0.15) is 0 Å². The van der Waals surface area contributed by atoms with E-state index in [2.05, 4.69) is 51.6 Å². The summed E-state index contributed by atoms with van der Waals surface area (Å²) in [6.07, 6.45) is 1.60. The SMILES string of the molecule is C=C(C)[C@H]1C[C@H](c2ccc(CC(C)C)cc2)[C@H](C)O[C@@H]1c1c(OCC(=O)O)cc(C)c(Cl)c1C. The van der Waals surface area contributed by atoms with Crippen molar-refractivity contribution in [3.8, 4) is 5.75 Å². The second-order valence-electron chi connectivity index (χ2n) is 10.1. The summed E-state index contributed by atoms with van der Waals surface area (Å²) >= 11 is 6.63. The average molecular weight is 485 g/mol. The van der Waals surface area contributed by atoms with Crippen LogP contribution >= 0.6 is 11.6 Å². The number of hydrogen-bond donors (Lipinski definition) is 1. The van der Waals surface area contributed by atoms with Gasteiger partial charge in [0.1, 0.15) is 5.75 Å². The molecule has 0 aliphatic carbocycles. The van der Waals surface area contributed by atoms with Crippen molar-refractivity contribution in [1.82, 2.24) is 0 Å². The lowest BCUT2D eigenvalue weighted by Crippen LogP contribution is -2.35. The number of benzene rings is 2. The van der Waals surface area contributed by atoms with Crippen LogP contribution in [-0.2, 0) is 16.0 Å². The van der Waals surface area contributed by atoms with E-state index in [1.807, 2.05) is 26.8 Å². The van der Waals surface area contributed by atoms with E-state index in [1.165, 1.54) is 11.1 Å². The van der Waals surface area contributed by atoms with Crippen LogP contribution in [0.2, 0.25) is 5.02 Å². The third kappa shape index (κ3) is 5.84. The molecule has 2 aromatic carbocycles. The third-order valence-corrected chi connectivity index (χ3v) is 7.40. The molecule has 1 heterocycles. The number of hydrogen-bond acceptors (Lipinski definition) is 3. The fraction of sp³-hybridized carbons (Fsp3) is 0.483. The van der Waals surface area contributed by atoms with Gasteiger partial charge in [0.05, 0.1) is 12.2 Å². The molecule has 1 N–H and O–H groups in total. The maximum Gasteiger partial charge on any atom is 0.341 e. The number of aliphatic carboxylic acids is 1. The lowest BCUT2D eigenvalue weighted by molar-refractivity contribution is -0.139. The van der Waals surface area contributed by atoms with Crippen molar-refractivity contribution in [2.24, 2.45) is 11.8 Å². The summed E-state index contributed by atoms with van der Waals surface area (Å²) in [4.78, 5) is 11.2. The Hall–Kier alpha value is -2.30. The van der Waals surface area contributed by atoms with E-state index < -0.39 is 12.6 Å². The smallest absolute Gasteiger partial charge is 0.341 e. The fourth-order valence-electron chi connectivity index (χ4n) is 5.07. The minimum absolute atomic E-state index is 0.0386. The normalized spacial score (nSPS) is 22.6. The topological polar surface area (TPSA) is 55.8 Å². The van der Waals surface area contributed by atoms with Crippen LogP contribution in [0.5, 0.6) is 5.75 Å². The molecule has 0 bridgehead atoms. The quantitative estimate of drug-likeness (QED) is 0.395. The molecule has 0 saturated carbocycles. The van der Waals surface area contributed by atoms with E-state index in [0.29, 0.717) is 16.7 Å². The highest BCUT2D eigenvalue weighted by molar-refractivity contribution is 6.32. The van der Waals surface area contributed by atoms with Crippen molar-refractivity contribution in [1.29, 1.82) is 0 Å². The van der Waals surface area contributed by atoms with Crippen molar-refractivity contribution in [2.45, 2.75) is 72.5 Å². The van der Waals surface area contributed by atoms with Crippen molar-refractivity contribution >= 4 is 17.6 Å². The highest BCUT2D eigenvalue weighted by Crippen LogP contribution is 2.50. The van der Waals surface area contributed by atoms with E-state index in [-0.39, 0.29) is 24.0 Å². The van der Waals surface area contributed by atoms with E-state index in [1.54, 1.807) is 0 Å². The van der Waals surface area contributed by atoms with Crippen molar-refractivity contribution in [3.05, 3.63) is 75.3 Å². The molecule has 3 rings (SSSR count). The van der Waals surface area contributed by atoms with E-state index >= 15 is 0 Å². The van der Waals surface area contributed by atoms with Gasteiger partial charge < -0.3 is 14.6 Å². The average Bonchev–Trinajstić information content (AvgIpc) is 2.76. The van der Waals surface area contributed by atoms with Crippen LogP contribution in [0.1, 0.15) is 74.0 Å². The highest BCUT2D eigenvalue weighted by atomic mass is 35.5. The number of carboxylic acid groups (broad SMARTS) is 1. The van der Waals surface area contributed by atoms with Crippen molar-refractivity contribution in [3.63, 3.8) is 0 Å². The summed E-state index contributed by atoms with van der Waals surface area (Å²) in [5.74, 6) is 0.392. The molecule has 0 unspecified atom stereocenters. The molecule has 2 aromatic rings. The van der Waals surface area contributed by atoms with Gasteiger partial charge >= 0.3 is 5.97 Å². The lowest BCUT2D eigenvalue weighted by atomic mass is 9.75. The summed E-state index contributed by atoms with van der Waals surface area (Å²) < 4.78 is 12.4. The summed E-state index contributed by atoms with van der Waals surface area (Å²) in [6, 6.07) is 10.7. The summed E-state index contributed by atoms with van der Waals surface area (Å²) in [6.45, 7) is 16.3. The molecule has 1 aliphatic rings. The maximum absolute atomic E-state index is 11.2. The zero-order chi connectivity index (χ0) is 25.2. The second-order valence-corrected chi connectivity index (χ2v) is 10.5. The Labute approximate surface area is 208 Å². The molecule has 5 heteroatoms. The van der Waals surface area contributed by atoms with Gasteiger partial charge in [0, 0.05) is 22.4 Å². The molecular formula is C29H37ClO4. The standard InChI is InChI=1S/C29H37ClO4/c1-16(2)12-21-8-10-22(11-9-21)24-14-23(17(3)4)29(34-20(24)7)27-19(6)28(30)18(5)13-25(27)33-15-26(31)32/h8-11,13,16,20,23-24,29H,3,12,14-15H2,1-2,4-7H3,(H,31,32)/t20-,23+,24-,29-/m0/s1. The molecule has 0 amide bonds. The number of carboxylic acids is 1. The molecule has 0 aromatic heterocycles. The predicted octanol–water partition coefficient (Wildman–Crippen LogP) is 7.44. The Morgan fingerprint density at radius 3 is 2.47 bits per heavy atom. The highest BCUT2D eigenvalue weighted by Gasteiger charge is 2.40. The minimum Gasteiger partial charge on any atom is -0.482 e. The van der Waals surface area contributed by atoms with E-state index in [0.717, 1.165) is 35.1 Å². The molecule has 1 saturated heterocycles. The van der Waals surface area contributed by atoms with Crippen LogP contribution in [0.3, 0.4) is 0 Å². The minimum atomic E-state index is -1.02. The van der Waals surface area contributed by atoms with Crippen LogP contribution in [-0.4, -0.2) is 23.8 Å². The van der Waals surface area contributed by atoms with Crippen LogP contribution in [0.15, 0.2) is 42.5 Å². The largest absolute Gasteiger partial charge is 0.482 e. The zero-order valence-corrected chi connectivity index (χ0v) is 21.9. The first-order valence-electron chi connectivity index (χ1n) is 12.0. The van der Waals surface area contributed by atoms with Gasteiger partial charge in [0.25, 0.3) is 0 Å². The van der Waals surface area contributed by atoms with Crippen LogP contribution in [0, 0.1) is 25.7 Å². The Morgan fingerprint density at radius 2 is 1.91 bits per heavy atom.